The Hall–Kier alpha value is -2.99. The van der Waals surface area contributed by atoms with Crippen molar-refractivity contribution in [1.29, 1.82) is 0 Å². The molecule has 6 nitrogen and oxygen atoms in total. The number of hydrogen-bond donors (Lipinski definition) is 1. The Morgan fingerprint density at radius 1 is 1.23 bits per heavy atom. The molecule has 1 aromatic heterocycles. The Bertz CT molecular complexity index is 1000. The summed E-state index contributed by atoms with van der Waals surface area (Å²) in [5, 5.41) is 2.98. The SMILES string of the molecule is CC(C)c1ccc(N2C[C@]34C=C[C@@H](O3)[C@@H](C(=O)NCc3ccncc3)[C@@H]4C2=O)cc1. The van der Waals surface area contributed by atoms with Crippen LogP contribution in [0.2, 0.25) is 0 Å². The lowest BCUT2D eigenvalue weighted by atomic mass is 9.77. The van der Waals surface area contributed by atoms with Crippen molar-refractivity contribution in [1.82, 2.24) is 10.3 Å². The minimum Gasteiger partial charge on any atom is -0.360 e. The third-order valence-electron chi connectivity index (χ3n) is 6.49. The van der Waals surface area contributed by atoms with Crippen molar-refractivity contribution >= 4 is 17.5 Å². The van der Waals surface area contributed by atoms with Gasteiger partial charge in [0.05, 0.1) is 24.5 Å². The Labute approximate surface area is 175 Å². The van der Waals surface area contributed by atoms with E-state index in [0.29, 0.717) is 19.0 Å². The summed E-state index contributed by atoms with van der Waals surface area (Å²) < 4.78 is 6.21. The Morgan fingerprint density at radius 2 is 1.97 bits per heavy atom. The van der Waals surface area contributed by atoms with Crippen LogP contribution in [-0.4, -0.2) is 35.0 Å². The number of fused-ring (bicyclic) bond motifs is 1. The molecule has 1 N–H and O–H groups in total. The average Bonchev–Trinajstić information content (AvgIpc) is 3.41. The van der Waals surface area contributed by atoms with Crippen molar-refractivity contribution in [3.63, 3.8) is 0 Å². The van der Waals surface area contributed by atoms with Gasteiger partial charge in [-0.25, -0.2) is 0 Å². The molecule has 2 aromatic rings. The molecule has 4 heterocycles. The summed E-state index contributed by atoms with van der Waals surface area (Å²) in [6.07, 6.45) is 6.97. The Kier molecular flexibility index (Phi) is 4.47. The predicted octanol–water partition coefficient (Wildman–Crippen LogP) is 2.81. The second-order valence-electron chi connectivity index (χ2n) is 8.64. The molecule has 3 aliphatic rings. The summed E-state index contributed by atoms with van der Waals surface area (Å²) in [5.41, 5.74) is 2.34. The molecular weight excluding hydrogens is 378 g/mol. The van der Waals surface area contributed by atoms with E-state index in [1.807, 2.05) is 36.4 Å². The minimum atomic E-state index is -0.711. The predicted molar refractivity (Wildman–Crippen MR) is 113 cm³/mol. The van der Waals surface area contributed by atoms with Gasteiger partial charge in [0.25, 0.3) is 0 Å². The monoisotopic (exact) mass is 403 g/mol. The highest BCUT2D eigenvalue weighted by Crippen LogP contribution is 2.52. The first-order valence-electron chi connectivity index (χ1n) is 10.4. The molecule has 5 rings (SSSR count). The highest BCUT2D eigenvalue weighted by atomic mass is 16.5. The fourth-order valence-electron chi connectivity index (χ4n) is 4.86. The number of ether oxygens (including phenoxy) is 1. The molecule has 30 heavy (non-hydrogen) atoms. The summed E-state index contributed by atoms with van der Waals surface area (Å²) in [5.74, 6) is -0.748. The molecule has 154 valence electrons. The largest absolute Gasteiger partial charge is 0.360 e. The molecule has 0 saturated carbocycles. The molecular formula is C24H25N3O3. The van der Waals surface area contributed by atoms with Crippen LogP contribution in [0.1, 0.15) is 30.9 Å². The van der Waals surface area contributed by atoms with E-state index in [0.717, 1.165) is 11.3 Å². The topological polar surface area (TPSA) is 71.5 Å². The highest BCUT2D eigenvalue weighted by Gasteiger charge is 2.67. The van der Waals surface area contributed by atoms with Crippen LogP contribution < -0.4 is 10.2 Å². The van der Waals surface area contributed by atoms with Crippen molar-refractivity contribution in [2.45, 2.75) is 38.0 Å². The smallest absolute Gasteiger partial charge is 0.234 e. The van der Waals surface area contributed by atoms with Gasteiger partial charge in [0, 0.05) is 24.6 Å². The molecule has 0 aliphatic carbocycles. The number of nitrogens with zero attached hydrogens (tertiary/aromatic N) is 2. The van der Waals surface area contributed by atoms with Gasteiger partial charge in [0.15, 0.2) is 0 Å². The lowest BCUT2D eigenvalue weighted by molar-refractivity contribution is -0.132. The van der Waals surface area contributed by atoms with Gasteiger partial charge in [0.1, 0.15) is 5.60 Å². The molecule has 1 aromatic carbocycles. The number of benzene rings is 1. The fraction of sp³-hybridized carbons (Fsp3) is 0.375. The van der Waals surface area contributed by atoms with Crippen molar-refractivity contribution in [2.75, 3.05) is 11.4 Å². The van der Waals surface area contributed by atoms with E-state index in [4.69, 9.17) is 4.74 Å². The maximum atomic E-state index is 13.4. The van der Waals surface area contributed by atoms with Crippen LogP contribution in [0.25, 0.3) is 0 Å². The van der Waals surface area contributed by atoms with E-state index in [-0.39, 0.29) is 17.9 Å². The number of anilines is 1. The third kappa shape index (κ3) is 2.94. The van der Waals surface area contributed by atoms with Gasteiger partial charge in [-0.05, 0) is 41.3 Å². The normalized spacial score (nSPS) is 29.0. The van der Waals surface area contributed by atoms with Crippen LogP contribution in [0.4, 0.5) is 5.69 Å². The summed E-state index contributed by atoms with van der Waals surface area (Å²) in [6, 6.07) is 11.8. The van der Waals surface area contributed by atoms with Gasteiger partial charge in [0.2, 0.25) is 11.8 Å². The van der Waals surface area contributed by atoms with Gasteiger partial charge < -0.3 is 15.0 Å². The summed E-state index contributed by atoms with van der Waals surface area (Å²) in [6.45, 7) is 5.14. The number of hydrogen-bond acceptors (Lipinski definition) is 4. The van der Waals surface area contributed by atoms with Gasteiger partial charge in [-0.1, -0.05) is 38.1 Å². The third-order valence-corrected chi connectivity index (χ3v) is 6.49. The summed E-state index contributed by atoms with van der Waals surface area (Å²) in [4.78, 5) is 32.2. The summed E-state index contributed by atoms with van der Waals surface area (Å²) >= 11 is 0. The zero-order valence-electron chi connectivity index (χ0n) is 17.1. The molecule has 2 bridgehead atoms. The first-order chi connectivity index (χ1) is 14.5. The zero-order valence-corrected chi connectivity index (χ0v) is 17.1. The van der Waals surface area contributed by atoms with Crippen LogP contribution in [0.3, 0.4) is 0 Å². The van der Waals surface area contributed by atoms with Crippen LogP contribution in [0.15, 0.2) is 60.9 Å². The van der Waals surface area contributed by atoms with Crippen LogP contribution in [0, 0.1) is 11.8 Å². The highest BCUT2D eigenvalue weighted by molar-refractivity contribution is 6.03. The molecule has 0 unspecified atom stereocenters. The van der Waals surface area contributed by atoms with Gasteiger partial charge >= 0.3 is 0 Å². The maximum Gasteiger partial charge on any atom is 0.234 e. The molecule has 4 atom stereocenters. The lowest BCUT2D eigenvalue weighted by Gasteiger charge is -2.23. The molecule has 2 fully saturated rings. The number of aromatic nitrogens is 1. The number of amides is 2. The second kappa shape index (κ2) is 7.06. The quantitative estimate of drug-likeness (QED) is 0.780. The van der Waals surface area contributed by atoms with Gasteiger partial charge in [-0.2, -0.15) is 0 Å². The first-order valence-corrected chi connectivity index (χ1v) is 10.4. The Balaban J connectivity index is 1.36. The van der Waals surface area contributed by atoms with Gasteiger partial charge in [-0.15, -0.1) is 0 Å². The van der Waals surface area contributed by atoms with Crippen molar-refractivity contribution in [3.05, 3.63) is 72.1 Å². The number of carbonyl (C=O) groups is 2. The van der Waals surface area contributed by atoms with Gasteiger partial charge in [-0.3, -0.25) is 14.6 Å². The lowest BCUT2D eigenvalue weighted by Crippen LogP contribution is -2.43. The molecule has 2 saturated heterocycles. The van der Waals surface area contributed by atoms with Crippen molar-refractivity contribution in [3.8, 4) is 0 Å². The second-order valence-corrected chi connectivity index (χ2v) is 8.64. The maximum absolute atomic E-state index is 13.4. The molecule has 1 spiro atoms. The van der Waals surface area contributed by atoms with Crippen LogP contribution >= 0.6 is 0 Å². The average molecular weight is 403 g/mol. The van der Waals surface area contributed by atoms with Crippen molar-refractivity contribution < 1.29 is 14.3 Å². The van der Waals surface area contributed by atoms with E-state index < -0.39 is 17.4 Å². The first kappa shape index (κ1) is 19.0. The van der Waals surface area contributed by atoms with Crippen LogP contribution in [-0.2, 0) is 20.9 Å². The molecule has 2 amide bonds. The van der Waals surface area contributed by atoms with E-state index in [1.165, 1.54) is 5.56 Å². The zero-order chi connectivity index (χ0) is 20.9. The van der Waals surface area contributed by atoms with E-state index in [9.17, 15) is 9.59 Å². The number of nitrogens with one attached hydrogen (secondary N) is 1. The number of pyridine rings is 1. The fourth-order valence-corrected chi connectivity index (χ4v) is 4.86. The summed E-state index contributed by atoms with van der Waals surface area (Å²) in [7, 11) is 0. The number of carbonyl (C=O) groups excluding carboxylic acids is 2. The molecule has 3 aliphatic heterocycles. The van der Waals surface area contributed by atoms with E-state index in [2.05, 4.69) is 36.3 Å². The van der Waals surface area contributed by atoms with Crippen LogP contribution in [0.5, 0.6) is 0 Å². The minimum absolute atomic E-state index is 0.0387. The standard InChI is InChI=1S/C24H25N3O3/c1-15(2)17-3-5-18(6-4-17)27-14-24-10-7-19(30-24)20(21(24)23(27)29)22(28)26-13-16-8-11-25-12-9-16/h3-12,15,19-21H,13-14H2,1-2H3,(H,26,28)/t19-,20-,21-,24+/m1/s1. The molecule has 6 heteroatoms. The van der Waals surface area contributed by atoms with E-state index >= 15 is 0 Å². The molecule has 0 radical (unpaired) electrons. The Morgan fingerprint density at radius 3 is 2.67 bits per heavy atom. The van der Waals surface area contributed by atoms with Crippen molar-refractivity contribution in [2.24, 2.45) is 11.8 Å². The van der Waals surface area contributed by atoms with E-state index in [1.54, 1.807) is 17.3 Å². The number of rotatable bonds is 5.